The van der Waals surface area contributed by atoms with Crippen molar-refractivity contribution in [3.05, 3.63) is 54.1 Å². The van der Waals surface area contributed by atoms with Gasteiger partial charge in [0.15, 0.2) is 0 Å². The van der Waals surface area contributed by atoms with E-state index in [1.54, 1.807) is 13.2 Å². The summed E-state index contributed by atoms with van der Waals surface area (Å²) in [5, 5.41) is 3.45. The van der Waals surface area contributed by atoms with Crippen LogP contribution in [0.4, 0.5) is 10.1 Å². The van der Waals surface area contributed by atoms with Crippen molar-refractivity contribution in [2.75, 3.05) is 12.4 Å². The molecule has 0 bridgehead atoms. The Kier molecular flexibility index (Phi) is 3.54. The van der Waals surface area contributed by atoms with Crippen LogP contribution < -0.4 is 10.1 Å². The first-order chi connectivity index (χ1) is 9.76. The second-order valence-electron chi connectivity index (χ2n) is 5.10. The van der Waals surface area contributed by atoms with E-state index in [0.717, 1.165) is 11.4 Å². The predicted octanol–water partition coefficient (Wildman–Crippen LogP) is 3.79. The van der Waals surface area contributed by atoms with Crippen molar-refractivity contribution in [1.82, 2.24) is 4.98 Å². The minimum absolute atomic E-state index is 0.244. The van der Waals surface area contributed by atoms with E-state index in [4.69, 9.17) is 4.74 Å². The van der Waals surface area contributed by atoms with Crippen molar-refractivity contribution in [3.8, 4) is 5.75 Å². The molecule has 1 aliphatic carbocycles. The summed E-state index contributed by atoms with van der Waals surface area (Å²) < 4.78 is 18.0. The van der Waals surface area contributed by atoms with Crippen LogP contribution in [0.15, 0.2) is 42.6 Å². The van der Waals surface area contributed by atoms with Gasteiger partial charge >= 0.3 is 0 Å². The topological polar surface area (TPSA) is 34.1 Å². The predicted molar refractivity (Wildman–Crippen MR) is 76.3 cm³/mol. The summed E-state index contributed by atoms with van der Waals surface area (Å²) in [7, 11) is 1.66. The lowest BCUT2D eigenvalue weighted by molar-refractivity contribution is 0.414. The molecule has 0 amide bonds. The van der Waals surface area contributed by atoms with Gasteiger partial charge in [0.25, 0.3) is 0 Å². The van der Waals surface area contributed by atoms with Crippen molar-refractivity contribution in [2.45, 2.75) is 18.9 Å². The summed E-state index contributed by atoms with van der Waals surface area (Å²) in [6, 6.07) is 11.4. The second kappa shape index (κ2) is 5.49. The van der Waals surface area contributed by atoms with Gasteiger partial charge in [0, 0.05) is 0 Å². The van der Waals surface area contributed by atoms with Crippen molar-refractivity contribution in [3.63, 3.8) is 0 Å². The quantitative estimate of drug-likeness (QED) is 0.841. The van der Waals surface area contributed by atoms with E-state index >= 15 is 0 Å². The average Bonchev–Trinajstić information content (AvgIpc) is 3.31. The number of benzene rings is 1. The first-order valence-electron chi connectivity index (χ1n) is 6.78. The summed E-state index contributed by atoms with van der Waals surface area (Å²) in [5.41, 5.74) is 2.07. The Morgan fingerprint density at radius 2 is 1.95 bits per heavy atom. The monoisotopic (exact) mass is 272 g/mol. The van der Waals surface area contributed by atoms with Gasteiger partial charge in [-0.1, -0.05) is 12.1 Å². The maximum Gasteiger partial charge on any atom is 0.212 e. The van der Waals surface area contributed by atoms with Gasteiger partial charge in [0.05, 0.1) is 25.0 Å². The number of hydrogen-bond acceptors (Lipinski definition) is 3. The van der Waals surface area contributed by atoms with E-state index in [9.17, 15) is 4.39 Å². The highest BCUT2D eigenvalue weighted by atomic mass is 19.1. The molecule has 1 fully saturated rings. The highest BCUT2D eigenvalue weighted by molar-refractivity contribution is 5.44. The molecule has 104 valence electrons. The largest absolute Gasteiger partial charge is 0.497 e. The number of hydrogen-bond donors (Lipinski definition) is 1. The van der Waals surface area contributed by atoms with Gasteiger partial charge in [-0.25, -0.2) is 4.98 Å². The summed E-state index contributed by atoms with van der Waals surface area (Å²) >= 11 is 0. The molecule has 1 aromatic carbocycles. The third kappa shape index (κ3) is 2.90. The molecule has 1 unspecified atom stereocenters. The summed E-state index contributed by atoms with van der Waals surface area (Å²) in [6.45, 7) is 0. The lowest BCUT2D eigenvalue weighted by atomic mass is 10.0. The van der Waals surface area contributed by atoms with Crippen LogP contribution in [0.5, 0.6) is 5.75 Å². The third-order valence-corrected chi connectivity index (χ3v) is 3.62. The van der Waals surface area contributed by atoms with Gasteiger partial charge in [-0.05, 0) is 48.6 Å². The number of anilines is 1. The molecular weight excluding hydrogens is 255 g/mol. The standard InChI is InChI=1S/C16H17FN2O/c1-20-14-7-4-12(5-8-14)16(11-2-3-11)19-13-6-9-15(17)18-10-13/h4-11,16,19H,2-3H2,1H3. The first-order valence-corrected chi connectivity index (χ1v) is 6.78. The van der Waals surface area contributed by atoms with Gasteiger partial charge in [-0.15, -0.1) is 0 Å². The SMILES string of the molecule is COc1ccc(C(Nc2ccc(F)nc2)C2CC2)cc1. The van der Waals surface area contributed by atoms with Crippen molar-refractivity contribution < 1.29 is 9.13 Å². The fraction of sp³-hybridized carbons (Fsp3) is 0.312. The molecule has 3 rings (SSSR count). The molecule has 1 aliphatic rings. The van der Waals surface area contributed by atoms with Crippen LogP contribution in [0.25, 0.3) is 0 Å². The van der Waals surface area contributed by atoms with Gasteiger partial charge in [-0.2, -0.15) is 4.39 Å². The second-order valence-corrected chi connectivity index (χ2v) is 5.10. The van der Waals surface area contributed by atoms with Crippen molar-refractivity contribution in [2.24, 2.45) is 5.92 Å². The number of rotatable bonds is 5. The first kappa shape index (κ1) is 12.9. The number of ether oxygens (including phenoxy) is 1. The van der Waals surface area contributed by atoms with Gasteiger partial charge < -0.3 is 10.1 Å². The normalized spacial score (nSPS) is 15.7. The minimum Gasteiger partial charge on any atom is -0.497 e. The molecule has 0 radical (unpaired) electrons. The van der Waals surface area contributed by atoms with Crippen LogP contribution in [-0.2, 0) is 0 Å². The summed E-state index contributed by atoms with van der Waals surface area (Å²) in [5.74, 6) is 1.03. The van der Waals surface area contributed by atoms with Crippen LogP contribution >= 0.6 is 0 Å². The molecule has 20 heavy (non-hydrogen) atoms. The van der Waals surface area contributed by atoms with Crippen LogP contribution in [0.2, 0.25) is 0 Å². The Balaban J connectivity index is 1.79. The maximum atomic E-state index is 12.8. The van der Waals surface area contributed by atoms with E-state index in [2.05, 4.69) is 22.4 Å². The van der Waals surface area contributed by atoms with Crippen molar-refractivity contribution >= 4 is 5.69 Å². The molecule has 1 saturated carbocycles. The summed E-state index contributed by atoms with van der Waals surface area (Å²) in [4.78, 5) is 3.68. The fourth-order valence-electron chi connectivity index (χ4n) is 2.35. The van der Waals surface area contributed by atoms with Gasteiger partial charge in [-0.3, -0.25) is 0 Å². The number of nitrogens with zero attached hydrogens (tertiary/aromatic N) is 1. The van der Waals surface area contributed by atoms with Gasteiger partial charge in [0.1, 0.15) is 5.75 Å². The molecule has 1 aromatic heterocycles. The number of methoxy groups -OCH3 is 1. The highest BCUT2D eigenvalue weighted by Crippen LogP contribution is 2.43. The molecule has 1 N–H and O–H groups in total. The zero-order chi connectivity index (χ0) is 13.9. The molecular formula is C16H17FN2O. The highest BCUT2D eigenvalue weighted by Gasteiger charge is 2.32. The average molecular weight is 272 g/mol. The molecule has 1 heterocycles. The molecule has 0 aliphatic heterocycles. The Morgan fingerprint density at radius 3 is 2.50 bits per heavy atom. The zero-order valence-electron chi connectivity index (χ0n) is 11.3. The Hall–Kier alpha value is -2.10. The molecule has 0 spiro atoms. The number of nitrogens with one attached hydrogen (secondary N) is 1. The number of halogens is 1. The Morgan fingerprint density at radius 1 is 1.20 bits per heavy atom. The maximum absolute atomic E-state index is 12.8. The lowest BCUT2D eigenvalue weighted by Gasteiger charge is -2.20. The zero-order valence-corrected chi connectivity index (χ0v) is 11.3. The summed E-state index contributed by atoms with van der Waals surface area (Å²) in [6.07, 6.45) is 3.98. The molecule has 1 atom stereocenters. The minimum atomic E-state index is -0.456. The molecule has 2 aromatic rings. The molecule has 4 heteroatoms. The Bertz CT molecular complexity index is 564. The third-order valence-electron chi connectivity index (χ3n) is 3.62. The molecule has 0 saturated heterocycles. The lowest BCUT2D eigenvalue weighted by Crippen LogP contribution is -2.13. The number of pyridine rings is 1. The van der Waals surface area contributed by atoms with E-state index in [-0.39, 0.29) is 6.04 Å². The Labute approximate surface area is 117 Å². The van der Waals surface area contributed by atoms with Crippen LogP contribution in [0, 0.1) is 11.9 Å². The van der Waals surface area contributed by atoms with Crippen LogP contribution in [0.3, 0.4) is 0 Å². The van der Waals surface area contributed by atoms with Crippen molar-refractivity contribution in [1.29, 1.82) is 0 Å². The number of aromatic nitrogens is 1. The van der Waals surface area contributed by atoms with Crippen LogP contribution in [-0.4, -0.2) is 12.1 Å². The van der Waals surface area contributed by atoms with E-state index < -0.39 is 5.95 Å². The fourth-order valence-corrected chi connectivity index (χ4v) is 2.35. The van der Waals surface area contributed by atoms with Gasteiger partial charge in [0.2, 0.25) is 5.95 Å². The molecule has 3 nitrogen and oxygen atoms in total. The smallest absolute Gasteiger partial charge is 0.212 e. The van der Waals surface area contributed by atoms with E-state index in [1.165, 1.54) is 30.7 Å². The van der Waals surface area contributed by atoms with E-state index in [0.29, 0.717) is 5.92 Å². The van der Waals surface area contributed by atoms with E-state index in [1.807, 2.05) is 12.1 Å². The van der Waals surface area contributed by atoms with Crippen LogP contribution in [0.1, 0.15) is 24.4 Å².